The molecule has 4 aromatic rings. The van der Waals surface area contributed by atoms with Crippen LogP contribution in [0.3, 0.4) is 0 Å². The zero-order valence-electron chi connectivity index (χ0n) is 18.5. The molecule has 1 aromatic heterocycles. The van der Waals surface area contributed by atoms with Gasteiger partial charge in [0.1, 0.15) is 5.75 Å². The highest BCUT2D eigenvalue weighted by Crippen LogP contribution is 2.31. The Morgan fingerprint density at radius 2 is 1.67 bits per heavy atom. The molecule has 0 saturated heterocycles. The Morgan fingerprint density at radius 3 is 2.42 bits per heavy atom. The van der Waals surface area contributed by atoms with Gasteiger partial charge in [-0.25, -0.2) is 9.78 Å². The molecule has 1 N–H and O–H groups in total. The lowest BCUT2D eigenvalue weighted by molar-refractivity contribution is 0.0526. The number of hydrogen-bond donors (Lipinski definition) is 1. The second-order valence-corrected chi connectivity index (χ2v) is 7.29. The second kappa shape index (κ2) is 9.96. The maximum absolute atomic E-state index is 12.9. The van der Waals surface area contributed by atoms with Gasteiger partial charge in [0.15, 0.2) is 0 Å². The van der Waals surface area contributed by atoms with E-state index in [0.717, 1.165) is 22.2 Å². The van der Waals surface area contributed by atoms with Gasteiger partial charge in [-0.3, -0.25) is 4.79 Å². The molecule has 0 radical (unpaired) electrons. The molecule has 6 heteroatoms. The average molecular weight is 440 g/mol. The zero-order chi connectivity index (χ0) is 23.2. The van der Waals surface area contributed by atoms with Crippen molar-refractivity contribution in [1.82, 2.24) is 4.98 Å². The van der Waals surface area contributed by atoms with Crippen LogP contribution >= 0.6 is 0 Å². The molecule has 33 heavy (non-hydrogen) atoms. The van der Waals surface area contributed by atoms with E-state index in [-0.39, 0.29) is 12.5 Å². The molecule has 1 heterocycles. The van der Waals surface area contributed by atoms with Crippen LogP contribution in [0, 0.1) is 0 Å². The molecule has 166 valence electrons. The standard InChI is InChI=1S/C27H24N2O4/c1-3-32-25-17-24(18-9-6-5-7-10-18)29-23-14-13-19(16-22(23)25)26(30)28-21-12-8-11-20(15-21)27(31)33-4-2/h5-17H,3-4H2,1-2H3,(H,28,30). The number of benzene rings is 3. The summed E-state index contributed by atoms with van der Waals surface area (Å²) in [4.78, 5) is 29.7. The maximum Gasteiger partial charge on any atom is 0.338 e. The number of nitrogens with zero attached hydrogens (tertiary/aromatic N) is 1. The van der Waals surface area contributed by atoms with Crippen molar-refractivity contribution in [3.05, 3.63) is 90.0 Å². The van der Waals surface area contributed by atoms with Crippen molar-refractivity contribution in [2.24, 2.45) is 0 Å². The minimum Gasteiger partial charge on any atom is -0.493 e. The first-order chi connectivity index (χ1) is 16.1. The van der Waals surface area contributed by atoms with Gasteiger partial charge in [0.2, 0.25) is 0 Å². The molecule has 0 bridgehead atoms. The molecular weight excluding hydrogens is 416 g/mol. The quantitative estimate of drug-likeness (QED) is 0.371. The van der Waals surface area contributed by atoms with Crippen LogP contribution in [0.5, 0.6) is 5.75 Å². The van der Waals surface area contributed by atoms with Crippen LogP contribution in [0.1, 0.15) is 34.6 Å². The molecule has 0 saturated carbocycles. The van der Waals surface area contributed by atoms with Gasteiger partial charge in [-0.15, -0.1) is 0 Å². The van der Waals surface area contributed by atoms with Crippen molar-refractivity contribution in [3.63, 3.8) is 0 Å². The number of amides is 1. The van der Waals surface area contributed by atoms with Gasteiger partial charge in [0.05, 0.1) is 30.0 Å². The molecule has 6 nitrogen and oxygen atoms in total. The smallest absolute Gasteiger partial charge is 0.338 e. The summed E-state index contributed by atoms with van der Waals surface area (Å²) >= 11 is 0. The first-order valence-electron chi connectivity index (χ1n) is 10.8. The third-order valence-corrected chi connectivity index (χ3v) is 5.03. The molecule has 1 amide bonds. The number of nitrogens with one attached hydrogen (secondary N) is 1. The third kappa shape index (κ3) is 5.01. The predicted octanol–water partition coefficient (Wildman–Crippen LogP) is 5.73. The summed E-state index contributed by atoms with van der Waals surface area (Å²) in [5.41, 5.74) is 3.88. The Morgan fingerprint density at radius 1 is 0.848 bits per heavy atom. The van der Waals surface area contributed by atoms with Gasteiger partial charge < -0.3 is 14.8 Å². The Bertz CT molecular complexity index is 1300. The van der Waals surface area contributed by atoms with Crippen molar-refractivity contribution in [3.8, 4) is 17.0 Å². The maximum atomic E-state index is 12.9. The van der Waals surface area contributed by atoms with Gasteiger partial charge >= 0.3 is 5.97 Å². The Balaban J connectivity index is 1.65. The summed E-state index contributed by atoms with van der Waals surface area (Å²) in [6, 6.07) is 23.7. The molecule has 0 aliphatic heterocycles. The van der Waals surface area contributed by atoms with E-state index in [1.165, 1.54) is 0 Å². The number of ether oxygens (including phenoxy) is 2. The fourth-order valence-electron chi connectivity index (χ4n) is 3.51. The number of carbonyl (C=O) groups is 2. The summed E-state index contributed by atoms with van der Waals surface area (Å²) in [6.07, 6.45) is 0. The van der Waals surface area contributed by atoms with Gasteiger partial charge in [-0.2, -0.15) is 0 Å². The molecule has 0 aliphatic rings. The van der Waals surface area contributed by atoms with E-state index in [0.29, 0.717) is 29.2 Å². The van der Waals surface area contributed by atoms with Gasteiger partial charge in [-0.1, -0.05) is 36.4 Å². The average Bonchev–Trinajstić information content (AvgIpc) is 2.84. The van der Waals surface area contributed by atoms with E-state index >= 15 is 0 Å². The number of carbonyl (C=O) groups excluding carboxylic acids is 2. The van der Waals surface area contributed by atoms with Crippen LogP contribution in [0.4, 0.5) is 5.69 Å². The molecule has 0 fully saturated rings. The monoisotopic (exact) mass is 440 g/mol. The van der Waals surface area contributed by atoms with E-state index in [1.807, 2.05) is 49.4 Å². The molecule has 3 aromatic carbocycles. The van der Waals surface area contributed by atoms with E-state index in [1.54, 1.807) is 43.3 Å². The largest absolute Gasteiger partial charge is 0.493 e. The fourth-order valence-corrected chi connectivity index (χ4v) is 3.51. The molecule has 0 spiro atoms. The summed E-state index contributed by atoms with van der Waals surface area (Å²) < 4.78 is 10.9. The number of esters is 1. The van der Waals surface area contributed by atoms with Crippen molar-refractivity contribution in [2.75, 3.05) is 18.5 Å². The van der Waals surface area contributed by atoms with Gasteiger partial charge in [-0.05, 0) is 50.2 Å². The van der Waals surface area contributed by atoms with Crippen LogP contribution in [-0.4, -0.2) is 30.1 Å². The number of fused-ring (bicyclic) bond motifs is 1. The summed E-state index contributed by atoms with van der Waals surface area (Å²) in [5, 5.41) is 3.60. The lowest BCUT2D eigenvalue weighted by Gasteiger charge is -2.12. The van der Waals surface area contributed by atoms with Crippen LogP contribution in [0.2, 0.25) is 0 Å². The minimum absolute atomic E-state index is 0.286. The first kappa shape index (κ1) is 22.0. The second-order valence-electron chi connectivity index (χ2n) is 7.29. The van der Waals surface area contributed by atoms with Crippen LogP contribution in [0.15, 0.2) is 78.9 Å². The van der Waals surface area contributed by atoms with Crippen molar-refractivity contribution >= 4 is 28.5 Å². The Hall–Kier alpha value is -4.19. The minimum atomic E-state index is -0.430. The van der Waals surface area contributed by atoms with Crippen LogP contribution in [0.25, 0.3) is 22.2 Å². The van der Waals surface area contributed by atoms with Crippen LogP contribution in [-0.2, 0) is 4.74 Å². The summed E-state index contributed by atoms with van der Waals surface area (Å²) in [6.45, 7) is 4.44. The first-order valence-corrected chi connectivity index (χ1v) is 10.8. The number of aromatic nitrogens is 1. The molecule has 4 rings (SSSR count). The normalized spacial score (nSPS) is 10.6. The molecule has 0 aliphatic carbocycles. The van der Waals surface area contributed by atoms with Crippen molar-refractivity contribution < 1.29 is 19.1 Å². The number of pyridine rings is 1. The summed E-state index contributed by atoms with van der Waals surface area (Å²) in [7, 11) is 0. The lowest BCUT2D eigenvalue weighted by Crippen LogP contribution is -2.13. The van der Waals surface area contributed by atoms with Crippen molar-refractivity contribution in [1.29, 1.82) is 0 Å². The zero-order valence-corrected chi connectivity index (χ0v) is 18.5. The predicted molar refractivity (Wildman–Crippen MR) is 129 cm³/mol. The highest BCUT2D eigenvalue weighted by Gasteiger charge is 2.14. The Labute approximate surface area is 192 Å². The molecular formula is C27H24N2O4. The third-order valence-electron chi connectivity index (χ3n) is 5.03. The van der Waals surface area contributed by atoms with Crippen molar-refractivity contribution in [2.45, 2.75) is 13.8 Å². The topological polar surface area (TPSA) is 77.5 Å². The van der Waals surface area contributed by atoms with Gasteiger partial charge in [0, 0.05) is 28.3 Å². The van der Waals surface area contributed by atoms with E-state index in [9.17, 15) is 9.59 Å². The van der Waals surface area contributed by atoms with E-state index < -0.39 is 5.97 Å². The molecule has 0 atom stereocenters. The van der Waals surface area contributed by atoms with E-state index in [4.69, 9.17) is 14.5 Å². The number of hydrogen-bond acceptors (Lipinski definition) is 5. The number of rotatable bonds is 7. The molecule has 0 unspecified atom stereocenters. The Kier molecular flexibility index (Phi) is 6.64. The van der Waals surface area contributed by atoms with Gasteiger partial charge in [0.25, 0.3) is 5.91 Å². The number of anilines is 1. The highest BCUT2D eigenvalue weighted by molar-refractivity contribution is 6.07. The lowest BCUT2D eigenvalue weighted by atomic mass is 10.1. The SMILES string of the molecule is CCOC(=O)c1cccc(NC(=O)c2ccc3nc(-c4ccccc4)cc(OCC)c3c2)c1. The van der Waals surface area contributed by atoms with E-state index in [2.05, 4.69) is 5.32 Å². The summed E-state index contributed by atoms with van der Waals surface area (Å²) in [5.74, 6) is -0.0613. The highest BCUT2D eigenvalue weighted by atomic mass is 16.5. The van der Waals surface area contributed by atoms with Crippen LogP contribution < -0.4 is 10.1 Å². The fraction of sp³-hybridized carbons (Fsp3) is 0.148.